The summed E-state index contributed by atoms with van der Waals surface area (Å²) in [6, 6.07) is 0.228. The Hall–Kier alpha value is -1.89. The van der Waals surface area contributed by atoms with Gasteiger partial charge in [-0.05, 0) is 69.8 Å². The van der Waals surface area contributed by atoms with E-state index in [1.54, 1.807) is 6.20 Å². The molecule has 3 heterocycles. The third kappa shape index (κ3) is 3.69. The normalized spacial score (nSPS) is 31.0. The molecule has 2 amide bonds. The summed E-state index contributed by atoms with van der Waals surface area (Å²) in [5, 5.41) is 16.5. The number of aromatic amines is 1. The van der Waals surface area contributed by atoms with Gasteiger partial charge >= 0.3 is 0 Å². The molecule has 2 saturated heterocycles. The zero-order chi connectivity index (χ0) is 19.6. The van der Waals surface area contributed by atoms with Gasteiger partial charge in [0.05, 0.1) is 12.3 Å². The summed E-state index contributed by atoms with van der Waals surface area (Å²) in [5.74, 6) is 0.288. The molecule has 3 aliphatic rings. The van der Waals surface area contributed by atoms with Crippen LogP contribution in [-0.4, -0.2) is 67.7 Å². The number of H-pyrrole nitrogens is 1. The maximum Gasteiger partial charge on any atom is 0.248 e. The number of aliphatic hydroxyl groups excluding tert-OH is 1. The van der Waals surface area contributed by atoms with Crippen molar-refractivity contribution in [3.63, 3.8) is 0 Å². The number of carbonyl (C=O) groups excluding carboxylic acids is 2. The lowest BCUT2D eigenvalue weighted by molar-refractivity contribution is -0.158. The molecule has 0 aromatic carbocycles. The minimum absolute atomic E-state index is 0.121. The van der Waals surface area contributed by atoms with Crippen LogP contribution in [0.4, 0.5) is 0 Å². The van der Waals surface area contributed by atoms with E-state index in [0.29, 0.717) is 13.0 Å². The predicted octanol–water partition coefficient (Wildman–Crippen LogP) is 2.02. The van der Waals surface area contributed by atoms with E-state index in [1.165, 1.54) is 0 Å². The van der Waals surface area contributed by atoms with Gasteiger partial charge in [-0.25, -0.2) is 0 Å². The molecular weight excluding hydrogens is 356 g/mol. The highest BCUT2D eigenvalue weighted by molar-refractivity contribution is 5.93. The van der Waals surface area contributed by atoms with Gasteiger partial charge in [-0.2, -0.15) is 5.10 Å². The van der Waals surface area contributed by atoms with Gasteiger partial charge in [-0.15, -0.1) is 0 Å². The molecule has 154 valence electrons. The van der Waals surface area contributed by atoms with Crippen LogP contribution >= 0.6 is 0 Å². The van der Waals surface area contributed by atoms with Crippen molar-refractivity contribution >= 4 is 11.8 Å². The predicted molar refractivity (Wildman–Crippen MR) is 104 cm³/mol. The average molecular weight is 389 g/mol. The molecule has 28 heavy (non-hydrogen) atoms. The molecule has 1 aliphatic carbocycles. The Labute approximate surface area is 166 Å². The number of rotatable bonds is 5. The Bertz CT molecular complexity index is 684. The fourth-order valence-corrected chi connectivity index (χ4v) is 5.45. The number of aromatic nitrogens is 2. The summed E-state index contributed by atoms with van der Waals surface area (Å²) in [6.07, 6.45) is 12.3. The van der Waals surface area contributed by atoms with E-state index in [-0.39, 0.29) is 24.0 Å². The van der Waals surface area contributed by atoms with Crippen LogP contribution in [0, 0.1) is 0 Å². The number of carbonyl (C=O) groups is 2. The molecule has 1 atom stereocenters. The Morgan fingerprint density at radius 1 is 1.21 bits per heavy atom. The van der Waals surface area contributed by atoms with Gasteiger partial charge in [0.2, 0.25) is 11.8 Å². The fraction of sp³-hybridized carbons (Fsp3) is 0.762. The average Bonchev–Trinajstić information content (AvgIpc) is 3.35. The zero-order valence-electron chi connectivity index (χ0n) is 16.6. The van der Waals surface area contributed by atoms with Gasteiger partial charge in [0.1, 0.15) is 5.54 Å². The summed E-state index contributed by atoms with van der Waals surface area (Å²) in [5.41, 5.74) is 0.504. The smallest absolute Gasteiger partial charge is 0.248 e. The second-order valence-corrected chi connectivity index (χ2v) is 8.71. The van der Waals surface area contributed by atoms with Crippen molar-refractivity contribution < 1.29 is 14.7 Å². The lowest BCUT2D eigenvalue weighted by atomic mass is 9.82. The number of hydrogen-bond acceptors (Lipinski definition) is 4. The lowest BCUT2D eigenvalue weighted by Crippen LogP contribution is -2.63. The van der Waals surface area contributed by atoms with Crippen molar-refractivity contribution in [1.29, 1.82) is 0 Å². The topological polar surface area (TPSA) is 89.5 Å². The molecule has 0 bridgehead atoms. The van der Waals surface area contributed by atoms with Crippen LogP contribution in [0.2, 0.25) is 0 Å². The highest BCUT2D eigenvalue weighted by Gasteiger charge is 2.53. The monoisotopic (exact) mass is 388 g/mol. The fourth-order valence-electron chi connectivity index (χ4n) is 5.45. The number of amides is 2. The lowest BCUT2D eigenvalue weighted by Gasteiger charge is -2.48. The second kappa shape index (κ2) is 8.23. The first-order chi connectivity index (χ1) is 13.6. The molecule has 3 fully saturated rings. The number of piperidine rings is 1. The van der Waals surface area contributed by atoms with Crippen molar-refractivity contribution in [1.82, 2.24) is 20.0 Å². The molecule has 7 heteroatoms. The van der Waals surface area contributed by atoms with E-state index in [0.717, 1.165) is 76.3 Å². The van der Waals surface area contributed by atoms with Gasteiger partial charge in [0.15, 0.2) is 0 Å². The molecule has 1 aromatic heterocycles. The molecule has 1 aromatic rings. The van der Waals surface area contributed by atoms with Gasteiger partial charge in [-0.1, -0.05) is 0 Å². The van der Waals surface area contributed by atoms with Gasteiger partial charge < -0.3 is 14.9 Å². The first kappa shape index (κ1) is 19.4. The van der Waals surface area contributed by atoms with Gasteiger partial charge in [0.25, 0.3) is 0 Å². The van der Waals surface area contributed by atoms with E-state index in [2.05, 4.69) is 10.2 Å². The van der Waals surface area contributed by atoms with Crippen molar-refractivity contribution in [2.45, 2.75) is 88.3 Å². The molecule has 7 nitrogen and oxygen atoms in total. The number of nitrogens with one attached hydrogen (secondary N) is 1. The molecular formula is C21H32N4O3. The molecule has 4 rings (SSSR count). The Morgan fingerprint density at radius 3 is 2.68 bits per heavy atom. The van der Waals surface area contributed by atoms with Gasteiger partial charge in [-0.3, -0.25) is 14.7 Å². The van der Waals surface area contributed by atoms with Crippen LogP contribution in [0.5, 0.6) is 0 Å². The number of likely N-dealkylation sites (tertiary alicyclic amines) is 2. The van der Waals surface area contributed by atoms with Crippen LogP contribution in [0.3, 0.4) is 0 Å². The number of aryl methyl sites for hydroxylation is 1. The Balaban J connectivity index is 1.41. The summed E-state index contributed by atoms with van der Waals surface area (Å²) >= 11 is 0. The molecule has 1 unspecified atom stereocenters. The highest BCUT2D eigenvalue weighted by atomic mass is 16.3. The first-order valence-corrected chi connectivity index (χ1v) is 10.9. The number of hydrogen-bond donors (Lipinski definition) is 2. The summed E-state index contributed by atoms with van der Waals surface area (Å²) < 4.78 is 0. The first-order valence-electron chi connectivity index (χ1n) is 10.9. The summed E-state index contributed by atoms with van der Waals surface area (Å²) in [4.78, 5) is 30.5. The van der Waals surface area contributed by atoms with Crippen molar-refractivity contribution in [3.8, 4) is 0 Å². The van der Waals surface area contributed by atoms with Crippen LogP contribution in [0.15, 0.2) is 12.4 Å². The van der Waals surface area contributed by atoms with E-state index in [4.69, 9.17) is 0 Å². The summed E-state index contributed by atoms with van der Waals surface area (Å²) in [6.45, 7) is 1.50. The molecule has 2 aliphatic heterocycles. The molecule has 1 saturated carbocycles. The Morgan fingerprint density at radius 2 is 1.96 bits per heavy atom. The zero-order valence-corrected chi connectivity index (χ0v) is 16.6. The van der Waals surface area contributed by atoms with Crippen molar-refractivity contribution in [2.75, 3.05) is 13.1 Å². The van der Waals surface area contributed by atoms with E-state index in [9.17, 15) is 14.7 Å². The SMILES string of the molecule is O=C(CCCc1cn[nH]c1)N1CCCC12CCCN(C1CCC(O)CC1)C2=O. The van der Waals surface area contributed by atoms with Crippen LogP contribution in [0.25, 0.3) is 0 Å². The van der Waals surface area contributed by atoms with Crippen LogP contribution in [-0.2, 0) is 16.0 Å². The maximum atomic E-state index is 13.6. The minimum atomic E-state index is -0.610. The van der Waals surface area contributed by atoms with Crippen LogP contribution < -0.4 is 0 Å². The van der Waals surface area contributed by atoms with E-state index in [1.807, 2.05) is 16.0 Å². The van der Waals surface area contributed by atoms with E-state index < -0.39 is 5.54 Å². The van der Waals surface area contributed by atoms with Crippen molar-refractivity contribution in [3.05, 3.63) is 18.0 Å². The Kier molecular flexibility index (Phi) is 5.71. The maximum absolute atomic E-state index is 13.6. The third-order valence-corrected chi connectivity index (χ3v) is 6.96. The highest BCUT2D eigenvalue weighted by Crippen LogP contribution is 2.40. The van der Waals surface area contributed by atoms with Crippen molar-refractivity contribution in [2.24, 2.45) is 0 Å². The largest absolute Gasteiger partial charge is 0.393 e. The second-order valence-electron chi connectivity index (χ2n) is 8.71. The standard InChI is InChI=1S/C21H32N4O3/c26-18-8-6-17(7-9-18)24-12-2-10-21(20(24)28)11-3-13-25(21)19(27)5-1-4-16-14-22-23-15-16/h14-15,17-18,26H,1-13H2,(H,22,23). The third-order valence-electron chi connectivity index (χ3n) is 6.96. The van der Waals surface area contributed by atoms with Gasteiger partial charge in [0, 0.05) is 31.7 Å². The summed E-state index contributed by atoms with van der Waals surface area (Å²) in [7, 11) is 0. The molecule has 1 spiro atoms. The van der Waals surface area contributed by atoms with E-state index >= 15 is 0 Å². The minimum Gasteiger partial charge on any atom is -0.393 e. The number of aliphatic hydroxyl groups is 1. The molecule has 2 N–H and O–H groups in total. The molecule has 0 radical (unpaired) electrons. The number of nitrogens with zero attached hydrogens (tertiary/aromatic N) is 3. The van der Waals surface area contributed by atoms with Crippen LogP contribution in [0.1, 0.15) is 69.8 Å². The quantitative estimate of drug-likeness (QED) is 0.808.